The first kappa shape index (κ1) is 10.8. The lowest BCUT2D eigenvalue weighted by molar-refractivity contribution is 0.103. The molecule has 0 saturated carbocycles. The number of thiophene rings is 1. The van der Waals surface area contributed by atoms with Crippen molar-refractivity contribution in [2.75, 3.05) is 7.11 Å². The number of ether oxygens (including phenoxy) is 1. The van der Waals surface area contributed by atoms with Gasteiger partial charge in [-0.3, -0.25) is 4.79 Å². The number of carbonyl (C=O) groups excluding carboxylic acids is 1. The van der Waals surface area contributed by atoms with Gasteiger partial charge in [0.25, 0.3) is 0 Å². The summed E-state index contributed by atoms with van der Waals surface area (Å²) in [5, 5.41) is 3.47. The molecule has 2 nitrogen and oxygen atoms in total. The molecule has 0 saturated heterocycles. The molecule has 4 heteroatoms. The molecule has 82 valence electrons. The lowest BCUT2D eigenvalue weighted by Gasteiger charge is -2.07. The van der Waals surface area contributed by atoms with Crippen molar-refractivity contribution in [1.29, 1.82) is 0 Å². The topological polar surface area (TPSA) is 26.3 Å². The third kappa shape index (κ3) is 1.84. The monoisotopic (exact) mass is 236 g/mol. The van der Waals surface area contributed by atoms with Crippen LogP contribution in [0.2, 0.25) is 0 Å². The van der Waals surface area contributed by atoms with Gasteiger partial charge in [-0.15, -0.1) is 0 Å². The normalized spacial score (nSPS) is 10.1. The molecule has 0 unspecified atom stereocenters. The first-order valence-corrected chi connectivity index (χ1v) is 5.57. The van der Waals surface area contributed by atoms with E-state index in [9.17, 15) is 9.18 Å². The minimum absolute atomic E-state index is 0.0107. The zero-order valence-electron chi connectivity index (χ0n) is 8.57. The van der Waals surface area contributed by atoms with Gasteiger partial charge in [-0.2, -0.15) is 11.3 Å². The average Bonchev–Trinajstić information content (AvgIpc) is 2.81. The summed E-state index contributed by atoms with van der Waals surface area (Å²) in [5.41, 5.74) is 0.469. The number of hydrogen-bond donors (Lipinski definition) is 0. The average molecular weight is 236 g/mol. The largest absolute Gasteiger partial charge is 0.496 e. The van der Waals surface area contributed by atoms with E-state index in [1.165, 1.54) is 30.6 Å². The molecule has 1 heterocycles. The van der Waals surface area contributed by atoms with Crippen LogP contribution >= 0.6 is 11.3 Å². The Bertz CT molecular complexity index is 506. The predicted molar refractivity (Wildman–Crippen MR) is 60.7 cm³/mol. The summed E-state index contributed by atoms with van der Waals surface area (Å²) < 4.78 is 18.6. The zero-order chi connectivity index (χ0) is 11.5. The summed E-state index contributed by atoms with van der Waals surface area (Å²) in [5.74, 6) is -0.650. The maximum absolute atomic E-state index is 13.6. The van der Waals surface area contributed by atoms with Crippen LogP contribution < -0.4 is 4.74 Å². The van der Waals surface area contributed by atoms with E-state index in [2.05, 4.69) is 0 Å². The fraction of sp³-hybridized carbons (Fsp3) is 0.0833. The highest BCUT2D eigenvalue weighted by Gasteiger charge is 2.19. The molecule has 0 fully saturated rings. The van der Waals surface area contributed by atoms with Gasteiger partial charge in [-0.25, -0.2) is 4.39 Å². The van der Waals surface area contributed by atoms with Crippen LogP contribution in [0.1, 0.15) is 15.9 Å². The first-order valence-electron chi connectivity index (χ1n) is 4.63. The molecule has 0 atom stereocenters. The highest BCUT2D eigenvalue weighted by molar-refractivity contribution is 7.08. The molecule has 16 heavy (non-hydrogen) atoms. The van der Waals surface area contributed by atoms with Crippen molar-refractivity contribution >= 4 is 17.1 Å². The molecule has 0 bridgehead atoms. The van der Waals surface area contributed by atoms with Gasteiger partial charge in [-0.05, 0) is 23.6 Å². The Hall–Kier alpha value is -1.68. The van der Waals surface area contributed by atoms with Gasteiger partial charge < -0.3 is 4.74 Å². The summed E-state index contributed by atoms with van der Waals surface area (Å²) in [4.78, 5) is 12.0. The van der Waals surface area contributed by atoms with Crippen molar-refractivity contribution in [2.45, 2.75) is 0 Å². The Kier molecular flexibility index (Phi) is 3.01. The molecule has 0 aliphatic rings. The smallest absolute Gasteiger partial charge is 0.200 e. The third-order valence-electron chi connectivity index (χ3n) is 2.21. The molecule has 0 aliphatic heterocycles. The quantitative estimate of drug-likeness (QED) is 0.765. The standard InChI is InChI=1S/C12H9FO2S/c1-15-10-4-2-3-9(13)11(10)12(14)8-5-6-16-7-8/h2-7H,1H3. The fourth-order valence-electron chi connectivity index (χ4n) is 1.43. The summed E-state index contributed by atoms with van der Waals surface area (Å²) in [6.45, 7) is 0. The van der Waals surface area contributed by atoms with Crippen LogP contribution in [0.25, 0.3) is 0 Å². The van der Waals surface area contributed by atoms with E-state index < -0.39 is 5.82 Å². The van der Waals surface area contributed by atoms with Crippen LogP contribution in [0.3, 0.4) is 0 Å². The second-order valence-corrected chi connectivity index (χ2v) is 3.94. The highest BCUT2D eigenvalue weighted by Crippen LogP contribution is 2.24. The van der Waals surface area contributed by atoms with Gasteiger partial charge in [0.05, 0.1) is 7.11 Å². The van der Waals surface area contributed by atoms with Gasteiger partial charge in [0, 0.05) is 10.9 Å². The lowest BCUT2D eigenvalue weighted by Crippen LogP contribution is -2.05. The zero-order valence-corrected chi connectivity index (χ0v) is 9.38. The van der Waals surface area contributed by atoms with Gasteiger partial charge in [0.15, 0.2) is 0 Å². The molecule has 0 N–H and O–H groups in total. The van der Waals surface area contributed by atoms with Crippen LogP contribution in [-0.4, -0.2) is 12.9 Å². The van der Waals surface area contributed by atoms with Crippen molar-refractivity contribution < 1.29 is 13.9 Å². The molecular weight excluding hydrogens is 227 g/mol. The second kappa shape index (κ2) is 4.45. The van der Waals surface area contributed by atoms with Gasteiger partial charge >= 0.3 is 0 Å². The second-order valence-electron chi connectivity index (χ2n) is 3.16. The fourth-order valence-corrected chi connectivity index (χ4v) is 2.07. The van der Waals surface area contributed by atoms with Crippen molar-refractivity contribution in [3.63, 3.8) is 0 Å². The van der Waals surface area contributed by atoms with Gasteiger partial charge in [-0.1, -0.05) is 6.07 Å². The summed E-state index contributed by atoms with van der Waals surface area (Å²) in [6.07, 6.45) is 0. The Labute approximate surface area is 96.3 Å². The van der Waals surface area contributed by atoms with E-state index in [1.54, 1.807) is 22.9 Å². The van der Waals surface area contributed by atoms with Crippen molar-refractivity contribution in [3.05, 3.63) is 52.0 Å². The predicted octanol–water partition coefficient (Wildman–Crippen LogP) is 3.13. The Balaban J connectivity index is 2.51. The van der Waals surface area contributed by atoms with E-state index in [-0.39, 0.29) is 17.1 Å². The van der Waals surface area contributed by atoms with Crippen LogP contribution in [0.4, 0.5) is 4.39 Å². The number of benzene rings is 1. The molecule has 2 aromatic rings. The maximum Gasteiger partial charge on any atom is 0.200 e. The molecule has 0 aliphatic carbocycles. The first-order chi connectivity index (χ1) is 7.74. The van der Waals surface area contributed by atoms with Crippen LogP contribution in [0, 0.1) is 5.82 Å². The van der Waals surface area contributed by atoms with Crippen LogP contribution in [0.15, 0.2) is 35.0 Å². The highest BCUT2D eigenvalue weighted by atomic mass is 32.1. The molecule has 0 spiro atoms. The minimum Gasteiger partial charge on any atom is -0.496 e. The van der Waals surface area contributed by atoms with E-state index in [0.717, 1.165) is 0 Å². The van der Waals surface area contributed by atoms with Crippen LogP contribution in [0.5, 0.6) is 5.75 Å². The van der Waals surface area contributed by atoms with Gasteiger partial charge in [0.2, 0.25) is 5.78 Å². The number of methoxy groups -OCH3 is 1. The summed E-state index contributed by atoms with van der Waals surface area (Å²) in [7, 11) is 1.42. The number of halogens is 1. The number of carbonyl (C=O) groups is 1. The Morgan fingerprint density at radius 1 is 1.38 bits per heavy atom. The number of hydrogen-bond acceptors (Lipinski definition) is 3. The molecule has 1 aromatic carbocycles. The van der Waals surface area contributed by atoms with E-state index in [0.29, 0.717) is 5.56 Å². The Morgan fingerprint density at radius 2 is 2.19 bits per heavy atom. The van der Waals surface area contributed by atoms with E-state index in [4.69, 9.17) is 4.74 Å². The molecule has 0 amide bonds. The molecule has 1 aromatic heterocycles. The van der Waals surface area contributed by atoms with Crippen molar-refractivity contribution in [2.24, 2.45) is 0 Å². The minimum atomic E-state index is -0.560. The molecular formula is C12H9FO2S. The SMILES string of the molecule is COc1cccc(F)c1C(=O)c1ccsc1. The molecule has 0 radical (unpaired) electrons. The van der Waals surface area contributed by atoms with Gasteiger partial charge in [0.1, 0.15) is 17.1 Å². The molecule has 2 rings (SSSR count). The summed E-state index contributed by atoms with van der Waals surface area (Å²) in [6, 6.07) is 6.00. The Morgan fingerprint density at radius 3 is 2.81 bits per heavy atom. The van der Waals surface area contributed by atoms with Crippen molar-refractivity contribution in [3.8, 4) is 5.75 Å². The van der Waals surface area contributed by atoms with E-state index >= 15 is 0 Å². The van der Waals surface area contributed by atoms with Crippen LogP contribution in [-0.2, 0) is 0 Å². The summed E-state index contributed by atoms with van der Waals surface area (Å²) >= 11 is 1.40. The number of ketones is 1. The number of rotatable bonds is 3. The van der Waals surface area contributed by atoms with Crippen molar-refractivity contribution in [1.82, 2.24) is 0 Å². The lowest BCUT2D eigenvalue weighted by atomic mass is 10.0. The van der Waals surface area contributed by atoms with E-state index in [1.807, 2.05) is 0 Å². The maximum atomic E-state index is 13.6. The third-order valence-corrected chi connectivity index (χ3v) is 2.89.